The molecule has 110 valence electrons. The summed E-state index contributed by atoms with van der Waals surface area (Å²) in [5, 5.41) is 14.9. The highest BCUT2D eigenvalue weighted by Gasteiger charge is 2.18. The fourth-order valence-corrected chi connectivity index (χ4v) is 2.01. The van der Waals surface area contributed by atoms with E-state index in [2.05, 4.69) is 15.6 Å². The van der Waals surface area contributed by atoms with E-state index in [4.69, 9.17) is 5.11 Å². The predicted molar refractivity (Wildman–Crippen MR) is 80.2 cm³/mol. The molecule has 0 aliphatic carbocycles. The third-order valence-electron chi connectivity index (χ3n) is 3.03. The molecule has 1 aromatic heterocycles. The number of nitrogens with zero attached hydrogens (tertiary/aromatic N) is 1. The summed E-state index contributed by atoms with van der Waals surface area (Å²) >= 11 is 0. The van der Waals surface area contributed by atoms with Crippen LogP contribution in [0.5, 0.6) is 0 Å². The van der Waals surface area contributed by atoms with Crippen molar-refractivity contribution in [3.63, 3.8) is 0 Å². The first-order chi connectivity index (χ1) is 10.1. The molecule has 6 nitrogen and oxygen atoms in total. The van der Waals surface area contributed by atoms with Gasteiger partial charge in [-0.05, 0) is 18.6 Å². The van der Waals surface area contributed by atoms with Gasteiger partial charge < -0.3 is 15.7 Å². The molecule has 0 bridgehead atoms. The number of aromatic nitrogens is 1. The zero-order chi connectivity index (χ0) is 15.2. The molecule has 2 rings (SSSR count). The maximum atomic E-state index is 11.8. The molecule has 0 aliphatic heterocycles. The number of rotatable bonds is 5. The van der Waals surface area contributed by atoms with Crippen molar-refractivity contribution >= 4 is 28.6 Å². The van der Waals surface area contributed by atoms with E-state index >= 15 is 0 Å². The largest absolute Gasteiger partial charge is 0.480 e. The molecule has 0 aliphatic rings. The van der Waals surface area contributed by atoms with Gasteiger partial charge in [-0.1, -0.05) is 31.5 Å². The Labute approximate surface area is 122 Å². The number of carboxylic acids is 1. The number of para-hydroxylation sites is 1. The zero-order valence-electron chi connectivity index (χ0n) is 11.7. The van der Waals surface area contributed by atoms with Crippen molar-refractivity contribution in [1.29, 1.82) is 0 Å². The Hall–Kier alpha value is -2.63. The van der Waals surface area contributed by atoms with Crippen molar-refractivity contribution in [2.45, 2.75) is 25.8 Å². The lowest BCUT2D eigenvalue weighted by Crippen LogP contribution is -2.42. The Morgan fingerprint density at radius 1 is 1.33 bits per heavy atom. The van der Waals surface area contributed by atoms with Crippen LogP contribution in [0.2, 0.25) is 0 Å². The number of hydrogen-bond acceptors (Lipinski definition) is 3. The first kappa shape index (κ1) is 14.8. The second-order valence-electron chi connectivity index (χ2n) is 4.69. The van der Waals surface area contributed by atoms with E-state index in [1.807, 2.05) is 31.2 Å². The standard InChI is InChI=1S/C15H17N3O3/c1-2-5-13(14(19)20)18-15(21)17-11-8-10-6-3-4-7-12(10)16-9-11/h3-4,6-9,13H,2,5H2,1H3,(H,19,20)(H2,17,18,21). The van der Waals surface area contributed by atoms with E-state index in [1.165, 1.54) is 6.20 Å². The van der Waals surface area contributed by atoms with Crippen LogP contribution >= 0.6 is 0 Å². The average molecular weight is 287 g/mol. The molecule has 0 saturated heterocycles. The topological polar surface area (TPSA) is 91.3 Å². The van der Waals surface area contributed by atoms with E-state index in [1.54, 1.807) is 6.07 Å². The molecule has 6 heteroatoms. The molecule has 1 atom stereocenters. The highest BCUT2D eigenvalue weighted by molar-refractivity contribution is 5.94. The Balaban J connectivity index is 2.05. The smallest absolute Gasteiger partial charge is 0.326 e. The van der Waals surface area contributed by atoms with E-state index in [9.17, 15) is 9.59 Å². The number of carbonyl (C=O) groups is 2. The molecular formula is C15H17N3O3. The number of urea groups is 1. The maximum absolute atomic E-state index is 11.8. The van der Waals surface area contributed by atoms with E-state index in [0.717, 1.165) is 10.9 Å². The summed E-state index contributed by atoms with van der Waals surface area (Å²) < 4.78 is 0. The lowest BCUT2D eigenvalue weighted by Gasteiger charge is -2.14. The molecule has 0 spiro atoms. The van der Waals surface area contributed by atoms with Gasteiger partial charge in [0.15, 0.2) is 0 Å². The molecule has 2 aromatic rings. The van der Waals surface area contributed by atoms with Crippen molar-refractivity contribution in [1.82, 2.24) is 10.3 Å². The first-order valence-electron chi connectivity index (χ1n) is 6.75. The molecular weight excluding hydrogens is 270 g/mol. The number of aliphatic carboxylic acids is 1. The van der Waals surface area contributed by atoms with Crippen LogP contribution in [-0.4, -0.2) is 28.1 Å². The minimum Gasteiger partial charge on any atom is -0.480 e. The number of carboxylic acid groups (broad SMARTS) is 1. The minimum absolute atomic E-state index is 0.388. The van der Waals surface area contributed by atoms with Gasteiger partial charge in [-0.3, -0.25) is 4.98 Å². The molecule has 21 heavy (non-hydrogen) atoms. The third-order valence-corrected chi connectivity index (χ3v) is 3.03. The average Bonchev–Trinajstić information content (AvgIpc) is 2.46. The van der Waals surface area contributed by atoms with Crippen LogP contribution in [-0.2, 0) is 4.79 Å². The van der Waals surface area contributed by atoms with Crippen molar-refractivity contribution in [3.8, 4) is 0 Å². The molecule has 3 N–H and O–H groups in total. The minimum atomic E-state index is -1.04. The lowest BCUT2D eigenvalue weighted by atomic mass is 10.2. The Morgan fingerprint density at radius 3 is 2.81 bits per heavy atom. The van der Waals surface area contributed by atoms with Crippen molar-refractivity contribution < 1.29 is 14.7 Å². The van der Waals surface area contributed by atoms with Crippen LogP contribution in [0.4, 0.5) is 10.5 Å². The normalized spacial score (nSPS) is 11.9. The molecule has 1 aromatic carbocycles. The second kappa shape index (κ2) is 6.69. The SMILES string of the molecule is CCCC(NC(=O)Nc1cnc2ccccc2c1)C(=O)O. The Kier molecular flexibility index (Phi) is 4.71. The van der Waals surface area contributed by atoms with Crippen LogP contribution in [0.1, 0.15) is 19.8 Å². The predicted octanol–water partition coefficient (Wildman–Crippen LogP) is 2.61. The number of anilines is 1. The van der Waals surface area contributed by atoms with Gasteiger partial charge in [-0.2, -0.15) is 0 Å². The number of carbonyl (C=O) groups excluding carboxylic acids is 1. The van der Waals surface area contributed by atoms with Gasteiger partial charge in [-0.15, -0.1) is 0 Å². The van der Waals surface area contributed by atoms with Crippen molar-refractivity contribution in [2.75, 3.05) is 5.32 Å². The monoisotopic (exact) mass is 287 g/mol. The fraction of sp³-hybridized carbons (Fsp3) is 0.267. The number of amides is 2. The second-order valence-corrected chi connectivity index (χ2v) is 4.69. The van der Waals surface area contributed by atoms with Crippen molar-refractivity contribution in [3.05, 3.63) is 36.5 Å². The fourth-order valence-electron chi connectivity index (χ4n) is 2.01. The van der Waals surface area contributed by atoms with Gasteiger partial charge in [0.1, 0.15) is 6.04 Å². The maximum Gasteiger partial charge on any atom is 0.326 e. The van der Waals surface area contributed by atoms with Gasteiger partial charge in [0, 0.05) is 5.39 Å². The first-order valence-corrected chi connectivity index (χ1v) is 6.75. The summed E-state index contributed by atoms with van der Waals surface area (Å²) in [6.45, 7) is 1.86. The number of pyridine rings is 1. The Morgan fingerprint density at radius 2 is 2.10 bits per heavy atom. The van der Waals surface area contributed by atoms with Crippen LogP contribution < -0.4 is 10.6 Å². The van der Waals surface area contributed by atoms with E-state index in [-0.39, 0.29) is 0 Å². The third kappa shape index (κ3) is 3.92. The van der Waals surface area contributed by atoms with Gasteiger partial charge >= 0.3 is 12.0 Å². The highest BCUT2D eigenvalue weighted by Crippen LogP contribution is 2.15. The summed E-state index contributed by atoms with van der Waals surface area (Å²) in [5.74, 6) is -1.04. The summed E-state index contributed by atoms with van der Waals surface area (Å²) in [6.07, 6.45) is 2.60. The number of fused-ring (bicyclic) bond motifs is 1. The van der Waals surface area contributed by atoms with Gasteiger partial charge in [0.05, 0.1) is 17.4 Å². The van der Waals surface area contributed by atoms with Crippen LogP contribution in [0.15, 0.2) is 36.5 Å². The molecule has 0 fully saturated rings. The molecule has 0 saturated carbocycles. The van der Waals surface area contributed by atoms with E-state index < -0.39 is 18.0 Å². The molecule has 2 amide bonds. The number of benzene rings is 1. The van der Waals surface area contributed by atoms with Crippen molar-refractivity contribution in [2.24, 2.45) is 0 Å². The molecule has 0 radical (unpaired) electrons. The van der Waals surface area contributed by atoms with E-state index in [0.29, 0.717) is 18.5 Å². The summed E-state index contributed by atoms with van der Waals surface area (Å²) in [4.78, 5) is 27.0. The lowest BCUT2D eigenvalue weighted by molar-refractivity contribution is -0.139. The van der Waals surface area contributed by atoms with Crippen LogP contribution in [0, 0.1) is 0 Å². The van der Waals surface area contributed by atoms with Gasteiger partial charge in [0.2, 0.25) is 0 Å². The summed E-state index contributed by atoms with van der Waals surface area (Å²) in [5.41, 5.74) is 1.35. The van der Waals surface area contributed by atoms with Crippen LogP contribution in [0.25, 0.3) is 10.9 Å². The highest BCUT2D eigenvalue weighted by atomic mass is 16.4. The molecule has 1 heterocycles. The van der Waals surface area contributed by atoms with Crippen LogP contribution in [0.3, 0.4) is 0 Å². The number of hydrogen-bond donors (Lipinski definition) is 3. The zero-order valence-corrected chi connectivity index (χ0v) is 11.7. The Bertz CT molecular complexity index is 657. The molecule has 1 unspecified atom stereocenters. The quantitative estimate of drug-likeness (QED) is 0.788. The van der Waals surface area contributed by atoms with Gasteiger partial charge in [-0.25, -0.2) is 9.59 Å². The summed E-state index contributed by atoms with van der Waals surface area (Å²) in [7, 11) is 0. The summed E-state index contributed by atoms with van der Waals surface area (Å²) in [6, 6.07) is 7.89. The number of nitrogens with one attached hydrogen (secondary N) is 2. The van der Waals surface area contributed by atoms with Gasteiger partial charge in [0.25, 0.3) is 0 Å².